The maximum Gasteiger partial charge on any atom is 0.238 e. The second-order valence-corrected chi connectivity index (χ2v) is 4.53. The second-order valence-electron chi connectivity index (χ2n) is 3.86. The molecular weight excluding hydrogens is 301 g/mol. The van der Waals surface area contributed by atoms with Gasteiger partial charge >= 0.3 is 0 Å². The van der Waals surface area contributed by atoms with Gasteiger partial charge in [0.15, 0.2) is 11.5 Å². The molecule has 0 atom stereocenters. The minimum Gasteiger partial charge on any atom is -0.493 e. The lowest BCUT2D eigenvalue weighted by atomic mass is 10.3. The molecule has 1 aromatic carbocycles. The molecule has 2 rings (SSSR count). The van der Waals surface area contributed by atoms with Crippen molar-refractivity contribution in [3.8, 4) is 23.1 Å². The molecule has 0 fully saturated rings. The summed E-state index contributed by atoms with van der Waals surface area (Å²) in [4.78, 5) is 4.15. The topological polar surface area (TPSA) is 40.6 Å². The molecule has 0 saturated carbocycles. The Morgan fingerprint density at radius 3 is 2.30 bits per heavy atom. The van der Waals surface area contributed by atoms with Crippen LogP contribution in [0.2, 0.25) is 5.02 Å². The van der Waals surface area contributed by atoms with Crippen LogP contribution in [0.15, 0.2) is 30.5 Å². The molecule has 6 heteroatoms. The molecule has 0 unspecified atom stereocenters. The Morgan fingerprint density at radius 1 is 1.15 bits per heavy atom. The average Bonchev–Trinajstić information content (AvgIpc) is 2.49. The van der Waals surface area contributed by atoms with E-state index >= 15 is 0 Å². The number of para-hydroxylation sites is 1. The third kappa shape index (κ3) is 3.08. The molecule has 0 aliphatic rings. The molecule has 0 amide bonds. The van der Waals surface area contributed by atoms with Crippen molar-refractivity contribution in [1.29, 1.82) is 0 Å². The third-order valence-corrected chi connectivity index (χ3v) is 3.18. The van der Waals surface area contributed by atoms with Crippen LogP contribution in [-0.4, -0.2) is 19.2 Å². The number of hydrogen-bond acceptors (Lipinski definition) is 4. The number of rotatable bonds is 5. The monoisotopic (exact) mass is 313 g/mol. The Balaban J connectivity index is 2.39. The molecule has 0 aliphatic carbocycles. The molecule has 0 spiro atoms. The van der Waals surface area contributed by atoms with Crippen LogP contribution in [0.3, 0.4) is 0 Å². The highest BCUT2D eigenvalue weighted by molar-refractivity contribution is 6.32. The second kappa shape index (κ2) is 6.68. The first-order valence-corrected chi connectivity index (χ1v) is 6.70. The summed E-state index contributed by atoms with van der Waals surface area (Å²) in [6.45, 7) is 0. The Kier molecular flexibility index (Phi) is 4.93. The van der Waals surface area contributed by atoms with Crippen LogP contribution in [0.25, 0.3) is 0 Å². The first-order valence-electron chi connectivity index (χ1n) is 5.78. The summed E-state index contributed by atoms with van der Waals surface area (Å²) in [5.74, 6) is 2.09. The van der Waals surface area contributed by atoms with Crippen LogP contribution in [0, 0.1) is 0 Å². The maximum atomic E-state index is 6.12. The van der Waals surface area contributed by atoms with Gasteiger partial charge in [0.2, 0.25) is 11.6 Å². The molecule has 0 radical (unpaired) electrons. The predicted octanol–water partition coefficient (Wildman–Crippen LogP) is 4.28. The minimum absolute atomic E-state index is 0.267. The lowest BCUT2D eigenvalue weighted by Gasteiger charge is -2.14. The van der Waals surface area contributed by atoms with Gasteiger partial charge in [-0.2, -0.15) is 0 Å². The van der Waals surface area contributed by atoms with Crippen molar-refractivity contribution >= 4 is 23.2 Å². The van der Waals surface area contributed by atoms with Crippen molar-refractivity contribution in [3.05, 3.63) is 41.0 Å². The molecule has 4 nitrogen and oxygen atoms in total. The van der Waals surface area contributed by atoms with Gasteiger partial charge in [0.05, 0.1) is 14.2 Å². The van der Waals surface area contributed by atoms with Crippen molar-refractivity contribution in [1.82, 2.24) is 4.98 Å². The standard InChI is InChI=1S/C14H13Cl2NO3/c1-18-11-4-3-5-12(19-2)13(11)20-14-10(16)6-9(7-15)8-17-14/h3-6,8H,7H2,1-2H3. The van der Waals surface area contributed by atoms with Crippen molar-refractivity contribution in [2.45, 2.75) is 5.88 Å². The Hall–Kier alpha value is -1.65. The largest absolute Gasteiger partial charge is 0.493 e. The number of alkyl halides is 1. The van der Waals surface area contributed by atoms with Crippen LogP contribution in [0.1, 0.15) is 5.56 Å². The van der Waals surface area contributed by atoms with Gasteiger partial charge in [0, 0.05) is 12.1 Å². The molecule has 20 heavy (non-hydrogen) atoms. The summed E-state index contributed by atoms with van der Waals surface area (Å²) in [7, 11) is 3.10. The van der Waals surface area contributed by atoms with Gasteiger partial charge in [-0.25, -0.2) is 4.98 Å². The Morgan fingerprint density at radius 2 is 1.80 bits per heavy atom. The summed E-state index contributed by atoms with van der Waals surface area (Å²) < 4.78 is 16.2. The zero-order chi connectivity index (χ0) is 14.5. The van der Waals surface area contributed by atoms with E-state index in [0.29, 0.717) is 28.2 Å². The zero-order valence-corrected chi connectivity index (χ0v) is 12.5. The number of hydrogen-bond donors (Lipinski definition) is 0. The van der Waals surface area contributed by atoms with E-state index in [-0.39, 0.29) is 5.88 Å². The maximum absolute atomic E-state index is 6.12. The van der Waals surface area contributed by atoms with Crippen LogP contribution in [0.5, 0.6) is 23.1 Å². The number of nitrogens with zero attached hydrogens (tertiary/aromatic N) is 1. The molecule has 2 aromatic rings. The quantitative estimate of drug-likeness (QED) is 0.772. The SMILES string of the molecule is COc1cccc(OC)c1Oc1ncc(CCl)cc1Cl. The fraction of sp³-hybridized carbons (Fsp3) is 0.214. The van der Waals surface area contributed by atoms with Gasteiger partial charge in [-0.15, -0.1) is 11.6 Å². The fourth-order valence-electron chi connectivity index (χ4n) is 1.63. The van der Waals surface area contributed by atoms with Gasteiger partial charge in [-0.05, 0) is 23.8 Å². The molecular formula is C14H13Cl2NO3. The van der Waals surface area contributed by atoms with E-state index in [0.717, 1.165) is 5.56 Å². The lowest BCUT2D eigenvalue weighted by molar-refractivity contribution is 0.342. The summed E-state index contributed by atoms with van der Waals surface area (Å²) >= 11 is 11.8. The van der Waals surface area contributed by atoms with Crippen molar-refractivity contribution in [2.75, 3.05) is 14.2 Å². The average molecular weight is 314 g/mol. The van der Waals surface area contributed by atoms with E-state index in [1.165, 1.54) is 0 Å². The predicted molar refractivity (Wildman–Crippen MR) is 78.4 cm³/mol. The third-order valence-electron chi connectivity index (χ3n) is 2.60. The number of ether oxygens (including phenoxy) is 3. The van der Waals surface area contributed by atoms with Gasteiger partial charge in [-0.3, -0.25) is 0 Å². The molecule has 0 aliphatic heterocycles. The van der Waals surface area contributed by atoms with E-state index in [9.17, 15) is 0 Å². The molecule has 0 bridgehead atoms. The van der Waals surface area contributed by atoms with Crippen molar-refractivity contribution in [3.63, 3.8) is 0 Å². The lowest BCUT2D eigenvalue weighted by Crippen LogP contribution is -1.96. The van der Waals surface area contributed by atoms with E-state index in [2.05, 4.69) is 4.98 Å². The molecule has 0 N–H and O–H groups in total. The summed E-state index contributed by atoms with van der Waals surface area (Å²) in [5.41, 5.74) is 0.816. The van der Waals surface area contributed by atoms with E-state index in [1.807, 2.05) is 0 Å². The smallest absolute Gasteiger partial charge is 0.238 e. The first kappa shape index (κ1) is 14.8. The highest BCUT2D eigenvalue weighted by atomic mass is 35.5. The highest BCUT2D eigenvalue weighted by Gasteiger charge is 2.15. The zero-order valence-electron chi connectivity index (χ0n) is 11.0. The van der Waals surface area contributed by atoms with Gasteiger partial charge in [-0.1, -0.05) is 17.7 Å². The Labute approximate surface area is 127 Å². The normalized spacial score (nSPS) is 10.2. The van der Waals surface area contributed by atoms with E-state index in [1.54, 1.807) is 44.7 Å². The Bertz CT molecular complexity index is 583. The molecule has 106 valence electrons. The number of aromatic nitrogens is 1. The van der Waals surface area contributed by atoms with Crippen molar-refractivity contribution in [2.24, 2.45) is 0 Å². The van der Waals surface area contributed by atoms with E-state index < -0.39 is 0 Å². The summed E-state index contributed by atoms with van der Waals surface area (Å²) in [5, 5.41) is 0.371. The first-order chi connectivity index (χ1) is 9.69. The van der Waals surface area contributed by atoms with E-state index in [4.69, 9.17) is 37.4 Å². The van der Waals surface area contributed by atoms with Crippen LogP contribution in [-0.2, 0) is 5.88 Å². The number of halogens is 2. The van der Waals surface area contributed by atoms with Gasteiger partial charge in [0.25, 0.3) is 0 Å². The summed E-state index contributed by atoms with van der Waals surface area (Å²) in [6.07, 6.45) is 1.61. The van der Waals surface area contributed by atoms with Gasteiger partial charge < -0.3 is 14.2 Å². The highest BCUT2D eigenvalue weighted by Crippen LogP contribution is 2.41. The van der Waals surface area contributed by atoms with Crippen molar-refractivity contribution < 1.29 is 14.2 Å². The van der Waals surface area contributed by atoms with Gasteiger partial charge in [0.1, 0.15) is 5.02 Å². The minimum atomic E-state index is 0.267. The number of benzene rings is 1. The summed E-state index contributed by atoms with van der Waals surface area (Å²) in [6, 6.07) is 7.03. The van der Waals surface area contributed by atoms with Crippen LogP contribution in [0.4, 0.5) is 0 Å². The molecule has 1 heterocycles. The number of methoxy groups -OCH3 is 2. The fourth-order valence-corrected chi connectivity index (χ4v) is 2.00. The van der Waals surface area contributed by atoms with Crippen LogP contribution < -0.4 is 14.2 Å². The number of pyridine rings is 1. The molecule has 0 saturated heterocycles. The molecule has 1 aromatic heterocycles. The van der Waals surface area contributed by atoms with Crippen LogP contribution >= 0.6 is 23.2 Å².